The van der Waals surface area contributed by atoms with Crippen LogP contribution in [-0.2, 0) is 0 Å². The third-order valence-electron chi connectivity index (χ3n) is 3.74. The van der Waals surface area contributed by atoms with E-state index in [-0.39, 0.29) is 6.04 Å². The van der Waals surface area contributed by atoms with Gasteiger partial charge in [-0.1, -0.05) is 51.3 Å². The molecular weight excluding hydrogens is 348 g/mol. The molecule has 0 aliphatic heterocycles. The van der Waals surface area contributed by atoms with E-state index in [0.29, 0.717) is 6.54 Å². The molecule has 0 saturated heterocycles. The highest BCUT2D eigenvalue weighted by Gasteiger charge is 2.19. The van der Waals surface area contributed by atoms with E-state index in [9.17, 15) is 0 Å². The van der Waals surface area contributed by atoms with Gasteiger partial charge in [-0.3, -0.25) is 0 Å². The first-order chi connectivity index (χ1) is 9.93. The Bertz CT molecular complexity index is 643. The van der Waals surface area contributed by atoms with Crippen LogP contribution in [0.1, 0.15) is 22.7 Å². The largest absolute Gasteiger partial charge is 0.366 e. The number of hydrogen-bond acceptors (Lipinski definition) is 2. The lowest BCUT2D eigenvalue weighted by Crippen LogP contribution is -2.31. The van der Waals surface area contributed by atoms with Gasteiger partial charge in [0.25, 0.3) is 0 Å². The molecule has 0 heterocycles. The molecule has 2 N–H and O–H groups in total. The lowest BCUT2D eigenvalue weighted by molar-refractivity contribution is 0.676. The Hall–Kier alpha value is -1.03. The van der Waals surface area contributed by atoms with Crippen molar-refractivity contribution in [1.29, 1.82) is 0 Å². The van der Waals surface area contributed by atoms with Crippen LogP contribution in [-0.4, -0.2) is 13.6 Å². The topological polar surface area (TPSA) is 29.3 Å². The summed E-state index contributed by atoms with van der Waals surface area (Å²) in [7, 11) is 2.08. The van der Waals surface area contributed by atoms with Crippen molar-refractivity contribution in [1.82, 2.24) is 0 Å². The number of halogens is 2. The first-order valence-electron chi connectivity index (χ1n) is 6.89. The van der Waals surface area contributed by atoms with Crippen molar-refractivity contribution in [2.24, 2.45) is 5.73 Å². The molecule has 0 aliphatic carbocycles. The minimum absolute atomic E-state index is 0.0954. The number of anilines is 1. The van der Waals surface area contributed by atoms with Crippen molar-refractivity contribution in [3.8, 4) is 0 Å². The van der Waals surface area contributed by atoms with E-state index in [4.69, 9.17) is 17.3 Å². The van der Waals surface area contributed by atoms with Crippen molar-refractivity contribution >= 4 is 33.2 Å². The summed E-state index contributed by atoms with van der Waals surface area (Å²) >= 11 is 9.62. The number of rotatable bonds is 4. The van der Waals surface area contributed by atoms with E-state index in [1.807, 2.05) is 18.2 Å². The average molecular weight is 368 g/mol. The molecule has 2 aromatic rings. The normalized spacial score (nSPS) is 12.3. The molecule has 2 rings (SSSR count). The molecule has 0 saturated carbocycles. The summed E-state index contributed by atoms with van der Waals surface area (Å²) in [5.41, 5.74) is 10.9. The highest BCUT2D eigenvalue weighted by molar-refractivity contribution is 9.10. The Labute approximate surface area is 140 Å². The summed E-state index contributed by atoms with van der Waals surface area (Å²) in [6, 6.07) is 12.4. The van der Waals surface area contributed by atoms with E-state index in [1.165, 1.54) is 16.8 Å². The van der Waals surface area contributed by atoms with Gasteiger partial charge in [0.1, 0.15) is 0 Å². The van der Waals surface area contributed by atoms with E-state index in [2.05, 4.69) is 59.9 Å². The van der Waals surface area contributed by atoms with Crippen LogP contribution in [0.4, 0.5) is 5.69 Å². The fraction of sp³-hybridized carbons (Fsp3) is 0.294. The van der Waals surface area contributed by atoms with Gasteiger partial charge in [0, 0.05) is 28.8 Å². The lowest BCUT2D eigenvalue weighted by Gasteiger charge is -2.31. The number of hydrogen-bond donors (Lipinski definition) is 1. The minimum Gasteiger partial charge on any atom is -0.366 e. The number of nitrogens with zero attached hydrogens (tertiary/aromatic N) is 1. The van der Waals surface area contributed by atoms with E-state index in [1.54, 1.807) is 0 Å². The van der Waals surface area contributed by atoms with Gasteiger partial charge in [0.15, 0.2) is 0 Å². The molecule has 1 atom stereocenters. The van der Waals surface area contributed by atoms with Crippen molar-refractivity contribution < 1.29 is 0 Å². The zero-order chi connectivity index (χ0) is 15.6. The Morgan fingerprint density at radius 3 is 2.48 bits per heavy atom. The van der Waals surface area contributed by atoms with Crippen LogP contribution >= 0.6 is 27.5 Å². The second kappa shape index (κ2) is 6.82. The number of likely N-dealkylation sites (N-methyl/N-ethyl adjacent to an activating group) is 1. The molecule has 0 aromatic heterocycles. The molecule has 21 heavy (non-hydrogen) atoms. The third kappa shape index (κ3) is 3.60. The SMILES string of the molecule is Cc1ccc(N(C)C(CN)c2ccc(Cl)cc2Br)c(C)c1. The minimum atomic E-state index is 0.0954. The highest BCUT2D eigenvalue weighted by Crippen LogP contribution is 2.33. The lowest BCUT2D eigenvalue weighted by atomic mass is 10.0. The highest BCUT2D eigenvalue weighted by atomic mass is 79.9. The third-order valence-corrected chi connectivity index (χ3v) is 4.67. The summed E-state index contributed by atoms with van der Waals surface area (Å²) in [5, 5.41) is 0.718. The standard InChI is InChI=1S/C17H20BrClN2/c1-11-4-7-16(12(2)8-11)21(3)17(10-20)14-6-5-13(19)9-15(14)18/h4-9,17H,10,20H2,1-3H3. The molecule has 0 aliphatic rings. The first-order valence-corrected chi connectivity index (χ1v) is 8.06. The van der Waals surface area contributed by atoms with Gasteiger partial charge in [-0.25, -0.2) is 0 Å². The summed E-state index contributed by atoms with van der Waals surface area (Å²) in [6.07, 6.45) is 0. The second-order valence-corrected chi connectivity index (χ2v) is 6.61. The smallest absolute Gasteiger partial charge is 0.0672 e. The first kappa shape index (κ1) is 16.3. The maximum Gasteiger partial charge on any atom is 0.0672 e. The van der Waals surface area contributed by atoms with Crippen molar-refractivity contribution in [2.75, 3.05) is 18.5 Å². The quantitative estimate of drug-likeness (QED) is 0.836. The second-order valence-electron chi connectivity index (χ2n) is 5.32. The van der Waals surface area contributed by atoms with Gasteiger partial charge in [-0.2, -0.15) is 0 Å². The fourth-order valence-electron chi connectivity index (χ4n) is 2.63. The van der Waals surface area contributed by atoms with Crippen LogP contribution in [0.15, 0.2) is 40.9 Å². The van der Waals surface area contributed by atoms with Crippen LogP contribution in [0.25, 0.3) is 0 Å². The van der Waals surface area contributed by atoms with Crippen molar-refractivity contribution in [3.05, 3.63) is 62.6 Å². The molecule has 2 aromatic carbocycles. The average Bonchev–Trinajstić information content (AvgIpc) is 2.41. The predicted octanol–water partition coefficient (Wildman–Crippen LogP) is 4.86. The molecule has 0 bridgehead atoms. The van der Waals surface area contributed by atoms with Crippen LogP contribution in [0.2, 0.25) is 5.02 Å². The van der Waals surface area contributed by atoms with Gasteiger partial charge in [0.05, 0.1) is 6.04 Å². The summed E-state index contributed by atoms with van der Waals surface area (Å²) in [4.78, 5) is 2.22. The van der Waals surface area contributed by atoms with Crippen molar-refractivity contribution in [3.63, 3.8) is 0 Å². The Balaban J connectivity index is 2.40. The number of aryl methyl sites for hydroxylation is 2. The maximum absolute atomic E-state index is 6.03. The zero-order valence-electron chi connectivity index (χ0n) is 12.5. The van der Waals surface area contributed by atoms with E-state index < -0.39 is 0 Å². The molecule has 0 radical (unpaired) electrons. The van der Waals surface area contributed by atoms with Gasteiger partial charge < -0.3 is 10.6 Å². The van der Waals surface area contributed by atoms with Gasteiger partial charge in [-0.05, 0) is 43.2 Å². The summed E-state index contributed by atoms with van der Waals surface area (Å²) in [5.74, 6) is 0. The van der Waals surface area contributed by atoms with Crippen LogP contribution in [0, 0.1) is 13.8 Å². The molecule has 0 spiro atoms. The summed E-state index contributed by atoms with van der Waals surface area (Å²) in [6.45, 7) is 4.76. The van der Waals surface area contributed by atoms with Gasteiger partial charge in [-0.15, -0.1) is 0 Å². The van der Waals surface area contributed by atoms with Crippen LogP contribution in [0.3, 0.4) is 0 Å². The molecule has 112 valence electrons. The monoisotopic (exact) mass is 366 g/mol. The van der Waals surface area contributed by atoms with E-state index in [0.717, 1.165) is 15.1 Å². The Morgan fingerprint density at radius 1 is 1.19 bits per heavy atom. The fourth-order valence-corrected chi connectivity index (χ4v) is 3.58. The molecule has 2 nitrogen and oxygen atoms in total. The molecule has 1 unspecified atom stereocenters. The molecular formula is C17H20BrClN2. The van der Waals surface area contributed by atoms with Gasteiger partial charge >= 0.3 is 0 Å². The Morgan fingerprint density at radius 2 is 1.90 bits per heavy atom. The molecule has 0 fully saturated rings. The molecule has 4 heteroatoms. The molecule has 0 amide bonds. The zero-order valence-corrected chi connectivity index (χ0v) is 14.9. The van der Waals surface area contributed by atoms with Crippen LogP contribution < -0.4 is 10.6 Å². The number of nitrogens with two attached hydrogens (primary N) is 1. The van der Waals surface area contributed by atoms with Crippen molar-refractivity contribution in [2.45, 2.75) is 19.9 Å². The van der Waals surface area contributed by atoms with E-state index >= 15 is 0 Å². The number of benzene rings is 2. The van der Waals surface area contributed by atoms with Gasteiger partial charge in [0.2, 0.25) is 0 Å². The maximum atomic E-state index is 6.03. The van der Waals surface area contributed by atoms with Crippen LogP contribution in [0.5, 0.6) is 0 Å². The Kier molecular flexibility index (Phi) is 5.31. The predicted molar refractivity (Wildman–Crippen MR) is 95.3 cm³/mol. The summed E-state index contributed by atoms with van der Waals surface area (Å²) < 4.78 is 0.988.